The third-order valence-electron chi connectivity index (χ3n) is 5.24. The molecule has 2 saturated heterocycles. The topological polar surface area (TPSA) is 50.6 Å². The molecular weight excluding hydrogens is 328 g/mol. The Labute approximate surface area is 154 Å². The molecular formula is C20H26N4O2. The van der Waals surface area contributed by atoms with Crippen LogP contribution in [0, 0.1) is 0 Å². The molecule has 4 rings (SSSR count). The van der Waals surface area contributed by atoms with Crippen molar-refractivity contribution >= 4 is 5.91 Å². The molecule has 2 aromatic rings. The number of aromatic nitrogens is 2. The van der Waals surface area contributed by atoms with Gasteiger partial charge >= 0.3 is 0 Å². The van der Waals surface area contributed by atoms with Crippen LogP contribution in [0.1, 0.15) is 24.8 Å². The van der Waals surface area contributed by atoms with Crippen molar-refractivity contribution < 1.29 is 9.53 Å². The van der Waals surface area contributed by atoms with E-state index in [1.54, 1.807) is 6.20 Å². The Bertz CT molecular complexity index is 725. The standard InChI is InChI=1S/C20H26N4O2/c25-20(19-8-3-15-26-19)23-11-5-10-22(13-14-23)16-17-6-1-2-7-18(17)24-12-4-9-21-24/h1-2,4,6-7,9,12,19H,3,5,8,10-11,13-16H2/t19-/m1/s1. The first-order valence-electron chi connectivity index (χ1n) is 9.52. The van der Waals surface area contributed by atoms with Gasteiger partial charge in [-0.1, -0.05) is 18.2 Å². The first kappa shape index (κ1) is 17.2. The quantitative estimate of drug-likeness (QED) is 0.844. The van der Waals surface area contributed by atoms with E-state index in [0.29, 0.717) is 0 Å². The summed E-state index contributed by atoms with van der Waals surface area (Å²) in [5.41, 5.74) is 2.38. The maximum atomic E-state index is 12.6. The van der Waals surface area contributed by atoms with Gasteiger partial charge < -0.3 is 9.64 Å². The molecule has 1 amide bonds. The fourth-order valence-electron chi connectivity index (χ4n) is 3.85. The highest BCUT2D eigenvalue weighted by Crippen LogP contribution is 2.19. The molecule has 1 atom stereocenters. The van der Waals surface area contributed by atoms with Crippen molar-refractivity contribution in [2.45, 2.75) is 31.9 Å². The Morgan fingerprint density at radius 2 is 2.04 bits per heavy atom. The summed E-state index contributed by atoms with van der Waals surface area (Å²) in [5.74, 6) is 0.182. The first-order chi connectivity index (χ1) is 12.8. The summed E-state index contributed by atoms with van der Waals surface area (Å²) in [6.07, 6.45) is 6.45. The maximum Gasteiger partial charge on any atom is 0.251 e. The van der Waals surface area contributed by atoms with Gasteiger partial charge in [0.15, 0.2) is 0 Å². The van der Waals surface area contributed by atoms with Gasteiger partial charge in [-0.05, 0) is 37.0 Å². The monoisotopic (exact) mass is 354 g/mol. The molecule has 2 fully saturated rings. The van der Waals surface area contributed by atoms with E-state index in [1.165, 1.54) is 5.56 Å². The van der Waals surface area contributed by atoms with Gasteiger partial charge in [0, 0.05) is 51.7 Å². The lowest BCUT2D eigenvalue weighted by atomic mass is 10.1. The summed E-state index contributed by atoms with van der Waals surface area (Å²) in [4.78, 5) is 17.0. The van der Waals surface area contributed by atoms with E-state index in [1.807, 2.05) is 27.9 Å². The number of amides is 1. The number of hydrogen-bond donors (Lipinski definition) is 0. The second-order valence-electron chi connectivity index (χ2n) is 7.04. The highest BCUT2D eigenvalue weighted by Gasteiger charge is 2.29. The Morgan fingerprint density at radius 3 is 2.85 bits per heavy atom. The third kappa shape index (κ3) is 3.81. The van der Waals surface area contributed by atoms with E-state index in [9.17, 15) is 4.79 Å². The first-order valence-corrected chi connectivity index (χ1v) is 9.52. The van der Waals surface area contributed by atoms with Gasteiger partial charge in [-0.3, -0.25) is 9.69 Å². The number of rotatable bonds is 4. The minimum absolute atomic E-state index is 0.182. The highest BCUT2D eigenvalue weighted by atomic mass is 16.5. The van der Waals surface area contributed by atoms with Crippen LogP contribution in [0.15, 0.2) is 42.7 Å². The molecule has 2 aliphatic heterocycles. The predicted molar refractivity (Wildman–Crippen MR) is 99.0 cm³/mol. The molecule has 0 N–H and O–H groups in total. The molecule has 1 aromatic heterocycles. The summed E-state index contributed by atoms with van der Waals surface area (Å²) in [5, 5.41) is 4.37. The van der Waals surface area contributed by atoms with Gasteiger partial charge in [0.05, 0.1) is 5.69 Å². The maximum absolute atomic E-state index is 12.6. The van der Waals surface area contributed by atoms with Gasteiger partial charge in [-0.25, -0.2) is 4.68 Å². The van der Waals surface area contributed by atoms with Gasteiger partial charge in [-0.2, -0.15) is 5.10 Å². The molecule has 138 valence electrons. The van der Waals surface area contributed by atoms with Crippen molar-refractivity contribution in [2.24, 2.45) is 0 Å². The summed E-state index contributed by atoms with van der Waals surface area (Å²) in [6, 6.07) is 10.3. The van der Waals surface area contributed by atoms with Gasteiger partial charge in [-0.15, -0.1) is 0 Å². The van der Waals surface area contributed by atoms with Crippen molar-refractivity contribution in [1.29, 1.82) is 0 Å². The van der Waals surface area contributed by atoms with Crippen LogP contribution in [0.2, 0.25) is 0 Å². The molecule has 0 unspecified atom stereocenters. The van der Waals surface area contributed by atoms with E-state index < -0.39 is 0 Å². The molecule has 6 nitrogen and oxygen atoms in total. The zero-order valence-corrected chi connectivity index (χ0v) is 15.1. The molecule has 3 heterocycles. The van der Waals surface area contributed by atoms with Crippen LogP contribution in [0.3, 0.4) is 0 Å². The minimum Gasteiger partial charge on any atom is -0.368 e. The number of nitrogens with zero attached hydrogens (tertiary/aromatic N) is 4. The summed E-state index contributed by atoms with van der Waals surface area (Å²) in [6.45, 7) is 5.10. The highest BCUT2D eigenvalue weighted by molar-refractivity contribution is 5.81. The van der Waals surface area contributed by atoms with E-state index in [0.717, 1.165) is 64.3 Å². The second-order valence-corrected chi connectivity index (χ2v) is 7.04. The van der Waals surface area contributed by atoms with Crippen molar-refractivity contribution in [3.05, 3.63) is 48.3 Å². The zero-order valence-electron chi connectivity index (χ0n) is 15.1. The van der Waals surface area contributed by atoms with Crippen LogP contribution in [0.4, 0.5) is 0 Å². The molecule has 26 heavy (non-hydrogen) atoms. The smallest absolute Gasteiger partial charge is 0.251 e. The summed E-state index contributed by atoms with van der Waals surface area (Å²) < 4.78 is 7.49. The molecule has 0 saturated carbocycles. The predicted octanol–water partition coefficient (Wildman–Crippen LogP) is 2.09. The summed E-state index contributed by atoms with van der Waals surface area (Å²) >= 11 is 0. The number of carbonyl (C=O) groups excluding carboxylic acids is 1. The zero-order chi connectivity index (χ0) is 17.8. The van der Waals surface area contributed by atoms with Crippen molar-refractivity contribution in [1.82, 2.24) is 19.6 Å². The lowest BCUT2D eigenvalue weighted by Crippen LogP contribution is -2.41. The number of carbonyl (C=O) groups is 1. The minimum atomic E-state index is -0.206. The van der Waals surface area contributed by atoms with Gasteiger partial charge in [0.25, 0.3) is 5.91 Å². The lowest BCUT2D eigenvalue weighted by molar-refractivity contribution is -0.140. The van der Waals surface area contributed by atoms with E-state index in [4.69, 9.17) is 4.74 Å². The number of para-hydroxylation sites is 1. The second kappa shape index (κ2) is 8.01. The van der Waals surface area contributed by atoms with Crippen LogP contribution in [-0.2, 0) is 16.1 Å². The fraction of sp³-hybridized carbons (Fsp3) is 0.500. The molecule has 6 heteroatoms. The Kier molecular flexibility index (Phi) is 5.32. The average molecular weight is 354 g/mol. The molecule has 2 aliphatic rings. The average Bonchev–Trinajstić information content (AvgIpc) is 3.34. The van der Waals surface area contributed by atoms with Crippen LogP contribution in [-0.4, -0.2) is 64.4 Å². The van der Waals surface area contributed by atoms with Crippen LogP contribution in [0.25, 0.3) is 5.69 Å². The van der Waals surface area contributed by atoms with Crippen LogP contribution < -0.4 is 0 Å². The van der Waals surface area contributed by atoms with Crippen molar-refractivity contribution in [3.63, 3.8) is 0 Å². The number of hydrogen-bond acceptors (Lipinski definition) is 4. The van der Waals surface area contributed by atoms with E-state index in [2.05, 4.69) is 28.2 Å². The molecule has 0 bridgehead atoms. The number of benzene rings is 1. The van der Waals surface area contributed by atoms with E-state index >= 15 is 0 Å². The van der Waals surface area contributed by atoms with Crippen molar-refractivity contribution in [3.8, 4) is 5.69 Å². The SMILES string of the molecule is O=C([C@H]1CCCO1)N1CCCN(Cc2ccccc2-n2cccn2)CC1. The molecule has 1 aromatic carbocycles. The normalized spacial score (nSPS) is 21.7. The molecule has 0 radical (unpaired) electrons. The Morgan fingerprint density at radius 1 is 1.12 bits per heavy atom. The van der Waals surface area contributed by atoms with E-state index in [-0.39, 0.29) is 12.0 Å². The summed E-state index contributed by atoms with van der Waals surface area (Å²) in [7, 11) is 0. The number of ether oxygens (including phenoxy) is 1. The van der Waals surface area contributed by atoms with Gasteiger partial charge in [0.2, 0.25) is 0 Å². The Hall–Kier alpha value is -2.18. The van der Waals surface area contributed by atoms with Crippen LogP contribution in [0.5, 0.6) is 0 Å². The molecule has 0 aliphatic carbocycles. The lowest BCUT2D eigenvalue weighted by Gasteiger charge is -2.24. The largest absolute Gasteiger partial charge is 0.368 e. The van der Waals surface area contributed by atoms with Crippen molar-refractivity contribution in [2.75, 3.05) is 32.8 Å². The fourth-order valence-corrected chi connectivity index (χ4v) is 3.85. The Balaban J connectivity index is 1.40. The van der Waals surface area contributed by atoms with Crippen LogP contribution >= 0.6 is 0 Å². The third-order valence-corrected chi connectivity index (χ3v) is 5.24. The van der Waals surface area contributed by atoms with Gasteiger partial charge in [0.1, 0.15) is 6.10 Å². The molecule has 0 spiro atoms.